The summed E-state index contributed by atoms with van der Waals surface area (Å²) in [5.74, 6) is 0. The lowest BCUT2D eigenvalue weighted by atomic mass is 10.1. The SMILES string of the molecule is Clc1cccc(Nc2ccnc3ccc(NCc4cccnc4)cc23)c1. The van der Waals surface area contributed by atoms with E-state index in [1.54, 1.807) is 12.4 Å². The first-order valence-corrected chi connectivity index (χ1v) is 8.70. The van der Waals surface area contributed by atoms with Gasteiger partial charge in [-0.3, -0.25) is 9.97 Å². The number of hydrogen-bond donors (Lipinski definition) is 2. The number of hydrogen-bond acceptors (Lipinski definition) is 4. The Morgan fingerprint density at radius 3 is 2.69 bits per heavy atom. The van der Waals surface area contributed by atoms with E-state index in [4.69, 9.17) is 11.6 Å². The fourth-order valence-electron chi connectivity index (χ4n) is 2.79. The lowest BCUT2D eigenvalue weighted by Gasteiger charge is -2.12. The Kier molecular flexibility index (Phi) is 4.67. The fourth-order valence-corrected chi connectivity index (χ4v) is 2.98. The van der Waals surface area contributed by atoms with Crippen molar-refractivity contribution < 1.29 is 0 Å². The Morgan fingerprint density at radius 2 is 1.85 bits per heavy atom. The van der Waals surface area contributed by atoms with E-state index in [2.05, 4.69) is 32.7 Å². The first kappa shape index (κ1) is 16.4. The van der Waals surface area contributed by atoms with E-state index < -0.39 is 0 Å². The third-order valence-corrected chi connectivity index (χ3v) is 4.30. The molecule has 128 valence electrons. The number of fused-ring (bicyclic) bond motifs is 1. The normalized spacial score (nSPS) is 10.7. The maximum Gasteiger partial charge on any atom is 0.0724 e. The van der Waals surface area contributed by atoms with Crippen LogP contribution in [0.5, 0.6) is 0 Å². The van der Waals surface area contributed by atoms with Gasteiger partial charge in [0.05, 0.1) is 5.52 Å². The molecule has 0 aliphatic heterocycles. The Morgan fingerprint density at radius 1 is 0.885 bits per heavy atom. The van der Waals surface area contributed by atoms with Gasteiger partial charge in [0, 0.05) is 52.6 Å². The van der Waals surface area contributed by atoms with Crippen molar-refractivity contribution in [3.8, 4) is 0 Å². The van der Waals surface area contributed by atoms with Crippen LogP contribution in [-0.4, -0.2) is 9.97 Å². The zero-order valence-electron chi connectivity index (χ0n) is 14.0. The molecule has 0 spiro atoms. The van der Waals surface area contributed by atoms with E-state index in [1.807, 2.05) is 54.7 Å². The van der Waals surface area contributed by atoms with Crippen LogP contribution >= 0.6 is 11.6 Å². The number of anilines is 3. The van der Waals surface area contributed by atoms with Crippen LogP contribution < -0.4 is 10.6 Å². The van der Waals surface area contributed by atoms with Gasteiger partial charge < -0.3 is 10.6 Å². The average Bonchev–Trinajstić information content (AvgIpc) is 2.67. The van der Waals surface area contributed by atoms with Crippen molar-refractivity contribution in [1.82, 2.24) is 9.97 Å². The van der Waals surface area contributed by atoms with Gasteiger partial charge in [-0.1, -0.05) is 23.7 Å². The first-order chi connectivity index (χ1) is 12.8. The highest BCUT2D eigenvalue weighted by Crippen LogP contribution is 2.28. The third-order valence-electron chi connectivity index (χ3n) is 4.06. The van der Waals surface area contributed by atoms with Crippen LogP contribution in [0.25, 0.3) is 10.9 Å². The van der Waals surface area contributed by atoms with E-state index in [-0.39, 0.29) is 0 Å². The van der Waals surface area contributed by atoms with Gasteiger partial charge in [0.2, 0.25) is 0 Å². The molecule has 0 unspecified atom stereocenters. The van der Waals surface area contributed by atoms with E-state index in [9.17, 15) is 0 Å². The van der Waals surface area contributed by atoms with Crippen LogP contribution in [0.2, 0.25) is 5.02 Å². The van der Waals surface area contributed by atoms with Gasteiger partial charge in [-0.05, 0) is 54.1 Å². The number of pyridine rings is 2. The molecule has 2 N–H and O–H groups in total. The molecule has 0 radical (unpaired) electrons. The standard InChI is InChI=1S/C21H17ClN4/c22-16-4-1-5-18(11-16)26-21-8-10-24-20-7-6-17(12-19(20)21)25-14-15-3-2-9-23-13-15/h1-13,25H,14H2,(H,24,26). The summed E-state index contributed by atoms with van der Waals surface area (Å²) in [5, 5.41) is 8.61. The Balaban J connectivity index is 1.61. The zero-order chi connectivity index (χ0) is 17.8. The van der Waals surface area contributed by atoms with Crippen molar-refractivity contribution >= 4 is 39.6 Å². The molecule has 4 nitrogen and oxygen atoms in total. The van der Waals surface area contributed by atoms with Gasteiger partial charge in [-0.25, -0.2) is 0 Å². The Bertz CT molecular complexity index is 1030. The predicted molar refractivity (Wildman–Crippen MR) is 108 cm³/mol. The summed E-state index contributed by atoms with van der Waals surface area (Å²) < 4.78 is 0. The zero-order valence-corrected chi connectivity index (χ0v) is 14.7. The van der Waals surface area contributed by atoms with E-state index in [1.165, 1.54) is 0 Å². The molecule has 26 heavy (non-hydrogen) atoms. The topological polar surface area (TPSA) is 49.8 Å². The fraction of sp³-hybridized carbons (Fsp3) is 0.0476. The lowest BCUT2D eigenvalue weighted by Crippen LogP contribution is -2.00. The molecule has 2 aromatic carbocycles. The van der Waals surface area contributed by atoms with Crippen LogP contribution in [0.4, 0.5) is 17.1 Å². The molecule has 0 aliphatic rings. The summed E-state index contributed by atoms with van der Waals surface area (Å²) in [5.41, 5.74) is 5.03. The maximum atomic E-state index is 6.09. The molecule has 0 saturated carbocycles. The number of halogens is 1. The summed E-state index contributed by atoms with van der Waals surface area (Å²) in [4.78, 5) is 8.60. The summed E-state index contributed by atoms with van der Waals surface area (Å²) in [6.07, 6.45) is 5.44. The summed E-state index contributed by atoms with van der Waals surface area (Å²) >= 11 is 6.09. The van der Waals surface area contributed by atoms with Gasteiger partial charge in [0.1, 0.15) is 0 Å². The summed E-state index contributed by atoms with van der Waals surface area (Å²) in [6, 6.07) is 19.8. The van der Waals surface area contributed by atoms with Gasteiger partial charge >= 0.3 is 0 Å². The molecule has 0 bridgehead atoms. The number of nitrogens with one attached hydrogen (secondary N) is 2. The molecule has 2 aromatic heterocycles. The minimum atomic E-state index is 0.701. The smallest absolute Gasteiger partial charge is 0.0724 e. The van der Waals surface area contributed by atoms with Gasteiger partial charge in [0.25, 0.3) is 0 Å². The molecule has 0 amide bonds. The summed E-state index contributed by atoms with van der Waals surface area (Å²) in [7, 11) is 0. The maximum absolute atomic E-state index is 6.09. The number of aromatic nitrogens is 2. The third kappa shape index (κ3) is 3.76. The monoisotopic (exact) mass is 360 g/mol. The van der Waals surface area contributed by atoms with E-state index >= 15 is 0 Å². The molecule has 0 atom stereocenters. The molecule has 0 aliphatic carbocycles. The predicted octanol–water partition coefficient (Wildman–Crippen LogP) is 5.64. The van der Waals surface area contributed by atoms with Crippen molar-refractivity contribution in [3.63, 3.8) is 0 Å². The average molecular weight is 361 g/mol. The van der Waals surface area contributed by atoms with Gasteiger partial charge in [0.15, 0.2) is 0 Å². The minimum absolute atomic E-state index is 0.701. The second kappa shape index (κ2) is 7.42. The van der Waals surface area contributed by atoms with Crippen molar-refractivity contribution in [2.24, 2.45) is 0 Å². The van der Waals surface area contributed by atoms with Gasteiger partial charge in [-0.2, -0.15) is 0 Å². The van der Waals surface area contributed by atoms with E-state index in [0.717, 1.165) is 40.1 Å². The Labute approximate surface area is 156 Å². The molecule has 4 rings (SSSR count). The summed E-state index contributed by atoms with van der Waals surface area (Å²) in [6.45, 7) is 0.719. The Hall–Kier alpha value is -3.11. The lowest BCUT2D eigenvalue weighted by molar-refractivity contribution is 1.11. The number of nitrogens with zero attached hydrogens (tertiary/aromatic N) is 2. The van der Waals surface area contributed by atoms with Crippen molar-refractivity contribution in [2.75, 3.05) is 10.6 Å². The second-order valence-electron chi connectivity index (χ2n) is 5.94. The first-order valence-electron chi connectivity index (χ1n) is 8.32. The van der Waals surface area contributed by atoms with Crippen molar-refractivity contribution in [2.45, 2.75) is 6.54 Å². The molecule has 0 saturated heterocycles. The van der Waals surface area contributed by atoms with Crippen LogP contribution in [-0.2, 0) is 6.54 Å². The van der Waals surface area contributed by atoms with Crippen LogP contribution in [0.15, 0.2) is 79.3 Å². The van der Waals surface area contributed by atoms with E-state index in [0.29, 0.717) is 5.02 Å². The molecule has 4 aromatic rings. The highest BCUT2D eigenvalue weighted by Gasteiger charge is 2.05. The highest BCUT2D eigenvalue weighted by atomic mass is 35.5. The molecule has 5 heteroatoms. The second-order valence-corrected chi connectivity index (χ2v) is 6.38. The van der Waals surface area contributed by atoms with Crippen molar-refractivity contribution in [3.05, 3.63) is 89.8 Å². The highest BCUT2D eigenvalue weighted by molar-refractivity contribution is 6.30. The molecule has 2 heterocycles. The quantitative estimate of drug-likeness (QED) is 0.483. The number of benzene rings is 2. The largest absolute Gasteiger partial charge is 0.381 e. The minimum Gasteiger partial charge on any atom is -0.381 e. The molecular weight excluding hydrogens is 344 g/mol. The van der Waals surface area contributed by atoms with Gasteiger partial charge in [-0.15, -0.1) is 0 Å². The number of rotatable bonds is 5. The van der Waals surface area contributed by atoms with Crippen molar-refractivity contribution in [1.29, 1.82) is 0 Å². The molecule has 0 fully saturated rings. The van der Waals surface area contributed by atoms with Crippen LogP contribution in [0.1, 0.15) is 5.56 Å². The molecular formula is C21H17ClN4. The van der Waals surface area contributed by atoms with Crippen LogP contribution in [0, 0.1) is 0 Å². The van der Waals surface area contributed by atoms with Crippen LogP contribution in [0.3, 0.4) is 0 Å².